The van der Waals surface area contributed by atoms with Crippen LogP contribution in [0.1, 0.15) is 29.3 Å². The molecule has 0 spiro atoms. The summed E-state index contributed by atoms with van der Waals surface area (Å²) in [5.41, 5.74) is 1.86. The van der Waals surface area contributed by atoms with Gasteiger partial charge in [-0.15, -0.1) is 0 Å². The summed E-state index contributed by atoms with van der Waals surface area (Å²) in [5, 5.41) is 2.80. The number of hydrogen-bond acceptors (Lipinski definition) is 4. The summed E-state index contributed by atoms with van der Waals surface area (Å²) in [6, 6.07) is 12.9. The fourth-order valence-electron chi connectivity index (χ4n) is 2.24. The number of anilines is 1. The summed E-state index contributed by atoms with van der Waals surface area (Å²) in [5.74, 6) is -0.200. The number of rotatable bonds is 9. The zero-order chi connectivity index (χ0) is 19.0. The molecule has 1 amide bonds. The minimum atomic E-state index is -3.65. The highest BCUT2D eigenvalue weighted by Gasteiger charge is 2.14. The van der Waals surface area contributed by atoms with Crippen LogP contribution in [0.25, 0.3) is 0 Å². The number of nitrogens with one attached hydrogen (secondary N) is 2. The largest absolute Gasteiger partial charge is 0.382 e. The third kappa shape index (κ3) is 5.86. The number of sulfonamides is 1. The van der Waals surface area contributed by atoms with Gasteiger partial charge in [0, 0.05) is 31.0 Å². The summed E-state index contributed by atoms with van der Waals surface area (Å²) in [6.07, 6.45) is 0.744. The van der Waals surface area contributed by atoms with Gasteiger partial charge < -0.3 is 10.1 Å². The van der Waals surface area contributed by atoms with Gasteiger partial charge in [-0.3, -0.25) is 9.52 Å². The molecule has 7 heteroatoms. The van der Waals surface area contributed by atoms with E-state index in [0.717, 1.165) is 12.0 Å². The number of hydrogen-bond donors (Lipinski definition) is 2. The van der Waals surface area contributed by atoms with Gasteiger partial charge in [0.15, 0.2) is 0 Å². The highest BCUT2D eigenvalue weighted by Crippen LogP contribution is 2.17. The van der Waals surface area contributed by atoms with Crippen LogP contribution in [0.15, 0.2) is 53.4 Å². The molecule has 2 N–H and O–H groups in total. The highest BCUT2D eigenvalue weighted by atomic mass is 32.2. The van der Waals surface area contributed by atoms with E-state index >= 15 is 0 Å². The van der Waals surface area contributed by atoms with Gasteiger partial charge in [-0.05, 0) is 56.7 Å². The SMILES string of the molecule is CCOCCCNC(=O)c1ccc(NS(=O)(=O)c2ccc(C)cc2)cc1. The normalized spacial score (nSPS) is 11.2. The van der Waals surface area contributed by atoms with Crippen LogP contribution < -0.4 is 10.0 Å². The van der Waals surface area contributed by atoms with Crippen molar-refractivity contribution in [2.24, 2.45) is 0 Å². The second-order valence-electron chi connectivity index (χ2n) is 5.80. The van der Waals surface area contributed by atoms with E-state index in [4.69, 9.17) is 4.74 Å². The first-order valence-corrected chi connectivity index (χ1v) is 9.96. The lowest BCUT2D eigenvalue weighted by atomic mass is 10.2. The Bertz CT molecular complexity index is 816. The van der Waals surface area contributed by atoms with Crippen molar-refractivity contribution in [1.29, 1.82) is 0 Å². The number of carbonyl (C=O) groups is 1. The van der Waals surface area contributed by atoms with Gasteiger partial charge in [-0.2, -0.15) is 0 Å². The molecule has 0 bridgehead atoms. The van der Waals surface area contributed by atoms with E-state index in [2.05, 4.69) is 10.0 Å². The third-order valence-corrected chi connectivity index (χ3v) is 5.08. The lowest BCUT2D eigenvalue weighted by Gasteiger charge is -2.09. The Kier molecular flexibility index (Phi) is 7.17. The highest BCUT2D eigenvalue weighted by molar-refractivity contribution is 7.92. The summed E-state index contributed by atoms with van der Waals surface area (Å²) in [4.78, 5) is 12.2. The molecule has 0 heterocycles. The Balaban J connectivity index is 1.94. The van der Waals surface area contributed by atoms with Gasteiger partial charge >= 0.3 is 0 Å². The summed E-state index contributed by atoms with van der Waals surface area (Å²) in [6.45, 7) is 5.61. The van der Waals surface area contributed by atoms with E-state index in [1.54, 1.807) is 48.5 Å². The molecule has 0 aliphatic carbocycles. The molecule has 2 rings (SSSR count). The first kappa shape index (κ1) is 19.9. The number of benzene rings is 2. The van der Waals surface area contributed by atoms with Crippen molar-refractivity contribution >= 4 is 21.6 Å². The Morgan fingerprint density at radius 3 is 2.31 bits per heavy atom. The molecule has 0 fully saturated rings. The molecule has 140 valence electrons. The fraction of sp³-hybridized carbons (Fsp3) is 0.316. The van der Waals surface area contributed by atoms with E-state index in [0.29, 0.717) is 31.0 Å². The van der Waals surface area contributed by atoms with E-state index in [1.807, 2.05) is 13.8 Å². The molecule has 2 aromatic carbocycles. The second kappa shape index (κ2) is 9.35. The van der Waals surface area contributed by atoms with E-state index in [1.165, 1.54) is 0 Å². The number of amides is 1. The van der Waals surface area contributed by atoms with Gasteiger partial charge in [-0.1, -0.05) is 17.7 Å². The van der Waals surface area contributed by atoms with Crippen LogP contribution >= 0.6 is 0 Å². The van der Waals surface area contributed by atoms with Crippen LogP contribution in [-0.4, -0.2) is 34.1 Å². The smallest absolute Gasteiger partial charge is 0.261 e. The predicted octanol–water partition coefficient (Wildman–Crippen LogP) is 2.95. The molecule has 0 radical (unpaired) electrons. The van der Waals surface area contributed by atoms with Crippen LogP contribution in [-0.2, 0) is 14.8 Å². The molecule has 0 aromatic heterocycles. The van der Waals surface area contributed by atoms with E-state index < -0.39 is 10.0 Å². The molecule has 6 nitrogen and oxygen atoms in total. The first-order valence-electron chi connectivity index (χ1n) is 8.48. The zero-order valence-electron chi connectivity index (χ0n) is 15.0. The third-order valence-electron chi connectivity index (χ3n) is 3.69. The maximum atomic E-state index is 12.4. The maximum Gasteiger partial charge on any atom is 0.261 e. The lowest BCUT2D eigenvalue weighted by Crippen LogP contribution is -2.25. The number of ether oxygens (including phenoxy) is 1. The van der Waals surface area contributed by atoms with Crippen molar-refractivity contribution in [2.75, 3.05) is 24.5 Å². The van der Waals surface area contributed by atoms with Crippen LogP contribution in [0.4, 0.5) is 5.69 Å². The van der Waals surface area contributed by atoms with Gasteiger partial charge in [-0.25, -0.2) is 8.42 Å². The van der Waals surface area contributed by atoms with Crippen molar-refractivity contribution in [3.05, 3.63) is 59.7 Å². The Labute approximate surface area is 154 Å². The number of carbonyl (C=O) groups excluding carboxylic acids is 1. The molecule has 26 heavy (non-hydrogen) atoms. The minimum absolute atomic E-state index is 0.194. The Morgan fingerprint density at radius 2 is 1.69 bits per heavy atom. The summed E-state index contributed by atoms with van der Waals surface area (Å²) >= 11 is 0. The zero-order valence-corrected chi connectivity index (χ0v) is 15.8. The molecule has 0 saturated carbocycles. The van der Waals surface area contributed by atoms with Gasteiger partial charge in [0.1, 0.15) is 0 Å². The minimum Gasteiger partial charge on any atom is -0.382 e. The predicted molar refractivity (Wildman–Crippen MR) is 102 cm³/mol. The molecular weight excluding hydrogens is 352 g/mol. The van der Waals surface area contributed by atoms with E-state index in [9.17, 15) is 13.2 Å². The molecule has 0 atom stereocenters. The average molecular weight is 376 g/mol. The fourth-order valence-corrected chi connectivity index (χ4v) is 3.30. The summed E-state index contributed by atoms with van der Waals surface area (Å²) in [7, 11) is -3.65. The van der Waals surface area contributed by atoms with Crippen molar-refractivity contribution in [3.63, 3.8) is 0 Å². The van der Waals surface area contributed by atoms with Gasteiger partial charge in [0.05, 0.1) is 4.90 Å². The number of aryl methyl sites for hydroxylation is 1. The van der Waals surface area contributed by atoms with Crippen LogP contribution in [0.3, 0.4) is 0 Å². The van der Waals surface area contributed by atoms with Crippen LogP contribution in [0.2, 0.25) is 0 Å². The molecular formula is C19H24N2O4S. The van der Waals surface area contributed by atoms with Gasteiger partial charge in [0.2, 0.25) is 0 Å². The topological polar surface area (TPSA) is 84.5 Å². The average Bonchev–Trinajstić information content (AvgIpc) is 2.62. The standard InChI is InChI=1S/C19H24N2O4S/c1-3-25-14-4-13-20-19(22)16-7-9-17(10-8-16)21-26(23,24)18-11-5-15(2)6-12-18/h5-12,21H,3-4,13-14H2,1-2H3,(H,20,22). The molecule has 0 aliphatic rings. The monoisotopic (exact) mass is 376 g/mol. The van der Waals surface area contributed by atoms with E-state index in [-0.39, 0.29) is 10.8 Å². The first-order chi connectivity index (χ1) is 12.4. The second-order valence-corrected chi connectivity index (χ2v) is 7.48. The molecule has 0 aliphatic heterocycles. The van der Waals surface area contributed by atoms with Crippen molar-refractivity contribution in [2.45, 2.75) is 25.2 Å². The van der Waals surface area contributed by atoms with Crippen molar-refractivity contribution in [1.82, 2.24) is 5.32 Å². The molecule has 2 aromatic rings. The van der Waals surface area contributed by atoms with Crippen molar-refractivity contribution < 1.29 is 17.9 Å². The summed E-state index contributed by atoms with van der Waals surface area (Å²) < 4.78 is 32.4. The maximum absolute atomic E-state index is 12.4. The van der Waals surface area contributed by atoms with Crippen molar-refractivity contribution in [3.8, 4) is 0 Å². The van der Waals surface area contributed by atoms with Crippen LogP contribution in [0, 0.1) is 6.92 Å². The quantitative estimate of drug-likeness (QED) is 0.659. The molecule has 0 saturated heterocycles. The Hall–Kier alpha value is -2.38. The molecule has 0 unspecified atom stereocenters. The van der Waals surface area contributed by atoms with Gasteiger partial charge in [0.25, 0.3) is 15.9 Å². The Morgan fingerprint density at radius 1 is 1.04 bits per heavy atom. The lowest BCUT2D eigenvalue weighted by molar-refractivity contribution is 0.0944. The van der Waals surface area contributed by atoms with Crippen LogP contribution in [0.5, 0.6) is 0 Å².